The number of carbonyl (C=O) groups is 1. The largest absolute Gasteiger partial charge is 0.493 e. The van der Waals surface area contributed by atoms with Crippen LogP contribution in [-0.4, -0.2) is 22.9 Å². The summed E-state index contributed by atoms with van der Waals surface area (Å²) in [5.41, 5.74) is -0.376. The van der Waals surface area contributed by atoms with E-state index in [1.807, 2.05) is 6.07 Å². The lowest BCUT2D eigenvalue weighted by Gasteiger charge is -2.13. The zero-order chi connectivity index (χ0) is 26.4. The Bertz CT molecular complexity index is 1430. The van der Waals surface area contributed by atoms with Crippen molar-refractivity contribution in [1.29, 1.82) is 5.26 Å². The summed E-state index contributed by atoms with van der Waals surface area (Å²) in [6.45, 7) is 0. The van der Waals surface area contributed by atoms with Gasteiger partial charge in [0.2, 0.25) is 5.75 Å². The smallest absolute Gasteiger partial charge is 0.318 e. The van der Waals surface area contributed by atoms with Crippen molar-refractivity contribution in [3.8, 4) is 23.3 Å². The maximum absolute atomic E-state index is 12.6. The summed E-state index contributed by atoms with van der Waals surface area (Å²) in [7, 11) is 1.33. The average Bonchev–Trinajstić information content (AvgIpc) is 2.85. The van der Waals surface area contributed by atoms with Crippen LogP contribution in [0.25, 0.3) is 6.08 Å². The number of carbonyl (C=O) groups excluding carboxylic acids is 1. The number of methoxy groups -OCH3 is 1. The van der Waals surface area contributed by atoms with Crippen LogP contribution < -0.4 is 14.8 Å². The quantitative estimate of drug-likeness (QED) is 0.132. The van der Waals surface area contributed by atoms with E-state index in [1.165, 1.54) is 25.3 Å². The second-order valence-electron chi connectivity index (χ2n) is 6.93. The monoisotopic (exact) mass is 616 g/mol. The van der Waals surface area contributed by atoms with Crippen LogP contribution in [0.5, 0.6) is 17.2 Å². The first kappa shape index (κ1) is 26.3. The number of non-ortho nitro benzene ring substituents is 1. The van der Waals surface area contributed by atoms with E-state index >= 15 is 0 Å². The Morgan fingerprint density at radius 1 is 1.03 bits per heavy atom. The molecule has 0 aliphatic carbocycles. The number of ether oxygens (including phenoxy) is 2. The molecule has 36 heavy (non-hydrogen) atoms. The van der Waals surface area contributed by atoms with Crippen LogP contribution in [0.15, 0.2) is 69.1 Å². The lowest BCUT2D eigenvalue weighted by Crippen LogP contribution is -2.13. The molecule has 3 aromatic carbocycles. The Morgan fingerprint density at radius 3 is 2.31 bits per heavy atom. The molecule has 13 heteroatoms. The second kappa shape index (κ2) is 11.4. The molecule has 0 fully saturated rings. The molecule has 0 saturated heterocycles. The number of halogens is 2. The van der Waals surface area contributed by atoms with Crippen LogP contribution in [0.3, 0.4) is 0 Å². The minimum absolute atomic E-state index is 0.0458. The molecule has 182 valence electrons. The van der Waals surface area contributed by atoms with Crippen LogP contribution in [0.4, 0.5) is 17.1 Å². The molecule has 0 aliphatic heterocycles. The fraction of sp³-hybridized carbons (Fsp3) is 0.0435. The summed E-state index contributed by atoms with van der Waals surface area (Å²) < 4.78 is 12.1. The van der Waals surface area contributed by atoms with Gasteiger partial charge in [-0.25, -0.2) is 0 Å². The van der Waals surface area contributed by atoms with Gasteiger partial charge in [-0.2, -0.15) is 5.26 Å². The van der Waals surface area contributed by atoms with Crippen molar-refractivity contribution >= 4 is 60.9 Å². The molecule has 3 aromatic rings. The van der Waals surface area contributed by atoms with Gasteiger partial charge in [0.15, 0.2) is 11.5 Å². The van der Waals surface area contributed by atoms with E-state index in [-0.39, 0.29) is 27.3 Å². The third-order valence-corrected chi connectivity index (χ3v) is 5.71. The minimum Gasteiger partial charge on any atom is -0.493 e. The van der Waals surface area contributed by atoms with Gasteiger partial charge in [-0.3, -0.25) is 25.0 Å². The number of nitrogens with one attached hydrogen (secondary N) is 1. The molecule has 0 atom stereocenters. The number of nitro benzene ring substituents is 2. The number of nitrogens with zero attached hydrogens (tertiary/aromatic N) is 3. The first-order chi connectivity index (χ1) is 17.1. The van der Waals surface area contributed by atoms with Crippen molar-refractivity contribution in [2.24, 2.45) is 0 Å². The molecule has 0 radical (unpaired) electrons. The number of anilines is 1. The molecule has 11 nitrogen and oxygen atoms in total. The zero-order valence-corrected chi connectivity index (χ0v) is 21.4. The fourth-order valence-electron chi connectivity index (χ4n) is 2.93. The number of hydrogen-bond donors (Lipinski definition) is 1. The van der Waals surface area contributed by atoms with Gasteiger partial charge in [0.05, 0.1) is 27.5 Å². The highest BCUT2D eigenvalue weighted by Crippen LogP contribution is 2.43. The van der Waals surface area contributed by atoms with Crippen molar-refractivity contribution in [2.45, 2.75) is 0 Å². The zero-order valence-electron chi connectivity index (χ0n) is 18.2. The number of nitriles is 1. The first-order valence-electron chi connectivity index (χ1n) is 9.80. The Balaban J connectivity index is 1.94. The molecule has 0 bridgehead atoms. The third-order valence-electron chi connectivity index (χ3n) is 4.59. The molecule has 0 unspecified atom stereocenters. The molecule has 0 heterocycles. The Morgan fingerprint density at radius 2 is 1.72 bits per heavy atom. The summed E-state index contributed by atoms with van der Waals surface area (Å²) in [6.07, 6.45) is 1.33. The number of hydrogen-bond acceptors (Lipinski definition) is 8. The minimum atomic E-state index is -0.803. The normalized spacial score (nSPS) is 10.8. The van der Waals surface area contributed by atoms with E-state index in [0.717, 1.165) is 22.7 Å². The standard InChI is InChI=1S/C23H14Br2N4O7/c1-35-21-10-13(8-14(12-26)23(30)27-16-4-2-15(24)3-5-16)9-18(25)22(21)36-20-7-6-17(28(31)32)11-19(20)29(33)34/h2-11H,1H3,(H,27,30)/b14-8-. The van der Waals surface area contributed by atoms with Crippen LogP contribution in [-0.2, 0) is 4.79 Å². The first-order valence-corrected chi connectivity index (χ1v) is 11.4. The van der Waals surface area contributed by atoms with Crippen molar-refractivity contribution < 1.29 is 24.1 Å². The van der Waals surface area contributed by atoms with Gasteiger partial charge in [0.25, 0.3) is 11.6 Å². The lowest BCUT2D eigenvalue weighted by molar-refractivity contribution is -0.394. The van der Waals surface area contributed by atoms with Gasteiger partial charge in [-0.1, -0.05) is 15.9 Å². The van der Waals surface area contributed by atoms with Crippen LogP contribution in [0.1, 0.15) is 5.56 Å². The second-order valence-corrected chi connectivity index (χ2v) is 8.70. The molecule has 0 aliphatic rings. The van der Waals surface area contributed by atoms with E-state index in [4.69, 9.17) is 9.47 Å². The van der Waals surface area contributed by atoms with E-state index in [2.05, 4.69) is 37.2 Å². The highest BCUT2D eigenvalue weighted by atomic mass is 79.9. The summed E-state index contributed by atoms with van der Waals surface area (Å²) in [4.78, 5) is 33.4. The molecule has 1 N–H and O–H groups in total. The summed E-state index contributed by atoms with van der Waals surface area (Å²) in [6, 6.07) is 14.6. The SMILES string of the molecule is COc1cc(/C=C(/C#N)C(=O)Nc2ccc(Br)cc2)cc(Br)c1Oc1ccc([N+](=O)[O-])cc1[N+](=O)[O-]. The van der Waals surface area contributed by atoms with E-state index in [0.29, 0.717) is 11.3 Å². The topological polar surface area (TPSA) is 158 Å². The van der Waals surface area contributed by atoms with E-state index in [1.54, 1.807) is 24.3 Å². The summed E-state index contributed by atoms with van der Waals surface area (Å²) in [5.74, 6) is -0.713. The van der Waals surface area contributed by atoms with Gasteiger partial charge < -0.3 is 14.8 Å². The lowest BCUT2D eigenvalue weighted by atomic mass is 10.1. The van der Waals surface area contributed by atoms with Gasteiger partial charge >= 0.3 is 5.69 Å². The predicted octanol–water partition coefficient (Wildman–Crippen LogP) is 6.37. The molecule has 0 saturated carbocycles. The summed E-state index contributed by atoms with van der Waals surface area (Å²) in [5, 5.41) is 34.5. The Kier molecular flexibility index (Phi) is 8.36. The number of benzene rings is 3. The predicted molar refractivity (Wildman–Crippen MR) is 137 cm³/mol. The van der Waals surface area contributed by atoms with E-state index in [9.17, 15) is 30.3 Å². The van der Waals surface area contributed by atoms with E-state index < -0.39 is 27.1 Å². The molecular formula is C23H14Br2N4O7. The van der Waals surface area contributed by atoms with Gasteiger partial charge in [0, 0.05) is 16.2 Å². The molecule has 1 amide bonds. The van der Waals surface area contributed by atoms with Crippen LogP contribution in [0, 0.1) is 31.6 Å². The maximum atomic E-state index is 12.6. The van der Waals surface area contributed by atoms with Crippen molar-refractivity contribution in [1.82, 2.24) is 0 Å². The molecular weight excluding hydrogens is 604 g/mol. The van der Waals surface area contributed by atoms with Crippen molar-refractivity contribution in [3.05, 3.63) is 94.9 Å². The van der Waals surface area contributed by atoms with Crippen molar-refractivity contribution in [2.75, 3.05) is 12.4 Å². The molecule has 0 spiro atoms. The van der Waals surface area contributed by atoms with Crippen molar-refractivity contribution in [3.63, 3.8) is 0 Å². The Hall–Kier alpha value is -4.28. The average molecular weight is 618 g/mol. The van der Waals surface area contributed by atoms with Crippen LogP contribution >= 0.6 is 31.9 Å². The highest BCUT2D eigenvalue weighted by molar-refractivity contribution is 9.10. The number of rotatable bonds is 8. The van der Waals surface area contributed by atoms with Gasteiger partial charge in [-0.05, 0) is 70.0 Å². The number of nitro groups is 2. The molecule has 0 aromatic heterocycles. The van der Waals surface area contributed by atoms with Gasteiger partial charge in [0.1, 0.15) is 11.6 Å². The van der Waals surface area contributed by atoms with Gasteiger partial charge in [-0.15, -0.1) is 0 Å². The third kappa shape index (κ3) is 6.23. The maximum Gasteiger partial charge on any atom is 0.318 e. The summed E-state index contributed by atoms with van der Waals surface area (Å²) >= 11 is 6.61. The van der Waals surface area contributed by atoms with Crippen LogP contribution in [0.2, 0.25) is 0 Å². The fourth-order valence-corrected chi connectivity index (χ4v) is 3.73. The number of amides is 1. The highest BCUT2D eigenvalue weighted by Gasteiger charge is 2.23. The molecule has 3 rings (SSSR count). The Labute approximate surface area is 220 Å².